The van der Waals surface area contributed by atoms with Gasteiger partial charge >= 0.3 is 10.4 Å². The number of nitrogens with zero attached hydrogens (tertiary/aromatic N) is 1. The summed E-state index contributed by atoms with van der Waals surface area (Å²) in [7, 11) is -4.67. The number of rotatable bonds is 4. The fraction of sp³-hybridized carbons (Fsp3) is 0.222. The maximum atomic E-state index is 8.74. The second kappa shape index (κ2) is 8.53. The third-order valence-corrected chi connectivity index (χ3v) is 1.79. The van der Waals surface area contributed by atoms with Gasteiger partial charge in [-0.15, -0.1) is 0 Å². The van der Waals surface area contributed by atoms with Crippen LogP contribution in [0.25, 0.3) is 0 Å². The van der Waals surface area contributed by atoms with Gasteiger partial charge in [0.05, 0.1) is 11.6 Å². The van der Waals surface area contributed by atoms with E-state index in [4.69, 9.17) is 45.3 Å². The Bertz CT molecular complexity index is 508. The molecule has 0 aliphatic heterocycles. The van der Waals surface area contributed by atoms with Crippen LogP contribution in [-0.4, -0.2) is 36.6 Å². The third-order valence-electron chi connectivity index (χ3n) is 1.48. The highest BCUT2D eigenvalue weighted by Crippen LogP contribution is 2.22. The molecule has 0 fully saturated rings. The number of benzene rings is 1. The van der Waals surface area contributed by atoms with Crippen molar-refractivity contribution in [1.29, 1.82) is 0 Å². The topological polar surface area (TPSA) is 148 Å². The molecule has 0 amide bonds. The van der Waals surface area contributed by atoms with E-state index in [2.05, 4.69) is 4.99 Å². The van der Waals surface area contributed by atoms with Crippen LogP contribution in [0.1, 0.15) is 0 Å². The number of guanidine groups is 1. The lowest BCUT2D eigenvalue weighted by Gasteiger charge is -2.05. The van der Waals surface area contributed by atoms with Crippen LogP contribution in [0.15, 0.2) is 29.3 Å². The molecule has 19 heavy (non-hydrogen) atoms. The Morgan fingerprint density at radius 2 is 1.84 bits per heavy atom. The molecule has 108 valence electrons. The first kappa shape index (κ1) is 17.4. The Morgan fingerprint density at radius 3 is 2.32 bits per heavy atom. The van der Waals surface area contributed by atoms with E-state index in [1.54, 1.807) is 12.1 Å². The van der Waals surface area contributed by atoms with Crippen LogP contribution in [-0.2, 0) is 10.4 Å². The molecule has 0 heterocycles. The Hall–Kier alpha value is -1.55. The number of aliphatic imine (C=N–C) groups is 1. The number of hydrogen-bond donors (Lipinski definition) is 4. The standard InChI is InChI=1S/C9H12ClN3O.H2O4S/c10-7-3-1-2-4-8(7)14-6-5-13-9(11)12;1-5(2,3)4/h1-4H,5-6H2,(H4,11,12,13);(H2,1,2,3,4). The lowest BCUT2D eigenvalue weighted by molar-refractivity contribution is 0.329. The van der Waals surface area contributed by atoms with E-state index in [9.17, 15) is 0 Å². The van der Waals surface area contributed by atoms with Crippen molar-refractivity contribution in [3.8, 4) is 5.75 Å². The summed E-state index contributed by atoms with van der Waals surface area (Å²) in [6.07, 6.45) is 0. The second-order valence-corrected chi connectivity index (χ2v) is 4.34. The predicted molar refractivity (Wildman–Crippen MR) is 71.8 cm³/mol. The van der Waals surface area contributed by atoms with Crippen molar-refractivity contribution >= 4 is 28.0 Å². The zero-order valence-electron chi connectivity index (χ0n) is 9.73. The summed E-state index contributed by atoms with van der Waals surface area (Å²) in [4.78, 5) is 3.77. The molecule has 0 radical (unpaired) electrons. The zero-order chi connectivity index (χ0) is 14.9. The molecule has 1 aromatic rings. The van der Waals surface area contributed by atoms with Gasteiger partial charge in [-0.25, -0.2) is 0 Å². The van der Waals surface area contributed by atoms with Gasteiger partial charge in [-0.2, -0.15) is 8.42 Å². The highest BCUT2D eigenvalue weighted by atomic mass is 35.5. The summed E-state index contributed by atoms with van der Waals surface area (Å²) in [5.74, 6) is 0.702. The third kappa shape index (κ3) is 12.7. The van der Waals surface area contributed by atoms with E-state index in [-0.39, 0.29) is 5.96 Å². The van der Waals surface area contributed by atoms with Crippen molar-refractivity contribution in [2.75, 3.05) is 13.2 Å². The summed E-state index contributed by atoms with van der Waals surface area (Å²) >= 11 is 5.86. The predicted octanol–water partition coefficient (Wildman–Crippen LogP) is 0.339. The molecule has 0 aliphatic carbocycles. The first-order valence-corrected chi connectivity index (χ1v) is 6.60. The normalized spacial score (nSPS) is 10.1. The van der Waals surface area contributed by atoms with Gasteiger partial charge in [-0.3, -0.25) is 14.1 Å². The van der Waals surface area contributed by atoms with Crippen LogP contribution in [0.4, 0.5) is 0 Å². The molecular weight excluding hydrogens is 298 g/mol. The molecule has 0 saturated carbocycles. The van der Waals surface area contributed by atoms with E-state index < -0.39 is 10.4 Å². The maximum absolute atomic E-state index is 8.74. The van der Waals surface area contributed by atoms with Crippen LogP contribution < -0.4 is 16.2 Å². The highest BCUT2D eigenvalue weighted by Gasteiger charge is 1.97. The minimum absolute atomic E-state index is 0.0627. The summed E-state index contributed by atoms with van der Waals surface area (Å²) < 4.78 is 36.9. The molecule has 1 rings (SSSR count). The number of nitrogens with two attached hydrogens (primary N) is 2. The largest absolute Gasteiger partial charge is 0.490 e. The first-order valence-electron chi connectivity index (χ1n) is 4.82. The Balaban J connectivity index is 0.000000555. The fourth-order valence-electron chi connectivity index (χ4n) is 0.892. The molecule has 0 atom stereocenters. The highest BCUT2D eigenvalue weighted by molar-refractivity contribution is 7.79. The van der Waals surface area contributed by atoms with Gasteiger partial charge in [0.2, 0.25) is 0 Å². The molecule has 0 spiro atoms. The van der Waals surface area contributed by atoms with Crippen LogP contribution >= 0.6 is 11.6 Å². The van der Waals surface area contributed by atoms with E-state index in [1.165, 1.54) is 0 Å². The molecule has 0 aromatic heterocycles. The SMILES string of the molecule is NC(N)=NCCOc1ccccc1Cl.O=S(=O)(O)O. The van der Waals surface area contributed by atoms with Crippen LogP contribution in [0.5, 0.6) is 5.75 Å². The van der Waals surface area contributed by atoms with Gasteiger partial charge in [-0.1, -0.05) is 23.7 Å². The van der Waals surface area contributed by atoms with Crippen molar-refractivity contribution in [1.82, 2.24) is 0 Å². The van der Waals surface area contributed by atoms with Crippen LogP contribution in [0, 0.1) is 0 Å². The lowest BCUT2D eigenvalue weighted by Crippen LogP contribution is -2.23. The van der Waals surface area contributed by atoms with Crippen molar-refractivity contribution in [2.45, 2.75) is 0 Å². The lowest BCUT2D eigenvalue weighted by atomic mass is 10.3. The molecule has 8 nitrogen and oxygen atoms in total. The minimum Gasteiger partial charge on any atom is -0.490 e. The Morgan fingerprint density at radius 1 is 1.32 bits per heavy atom. The molecule has 10 heteroatoms. The summed E-state index contributed by atoms with van der Waals surface area (Å²) in [6.45, 7) is 0.829. The fourth-order valence-corrected chi connectivity index (χ4v) is 1.08. The van der Waals surface area contributed by atoms with E-state index in [0.717, 1.165) is 0 Å². The van der Waals surface area contributed by atoms with Gasteiger partial charge in [0.1, 0.15) is 12.4 Å². The summed E-state index contributed by atoms with van der Waals surface area (Å²) in [5, 5.41) is 0.581. The average molecular weight is 312 g/mol. The van der Waals surface area contributed by atoms with E-state index >= 15 is 0 Å². The molecule has 6 N–H and O–H groups in total. The van der Waals surface area contributed by atoms with Crippen molar-refractivity contribution < 1.29 is 22.3 Å². The molecule has 0 saturated heterocycles. The number of ether oxygens (including phenoxy) is 1. The first-order chi connectivity index (χ1) is 8.70. The molecular formula is C9H14ClN3O5S. The summed E-state index contributed by atoms with van der Waals surface area (Å²) in [5.41, 5.74) is 10.3. The average Bonchev–Trinajstić information content (AvgIpc) is 2.24. The van der Waals surface area contributed by atoms with Crippen molar-refractivity contribution in [2.24, 2.45) is 16.5 Å². The van der Waals surface area contributed by atoms with Crippen LogP contribution in [0.2, 0.25) is 5.02 Å². The number of para-hydroxylation sites is 1. The monoisotopic (exact) mass is 311 g/mol. The van der Waals surface area contributed by atoms with Gasteiger partial charge in [0, 0.05) is 0 Å². The minimum atomic E-state index is -4.67. The maximum Gasteiger partial charge on any atom is 0.394 e. The molecule has 0 bridgehead atoms. The summed E-state index contributed by atoms with van der Waals surface area (Å²) in [6, 6.07) is 7.24. The quantitative estimate of drug-likeness (QED) is 0.271. The Kier molecular flexibility index (Phi) is 7.84. The second-order valence-electron chi connectivity index (χ2n) is 3.03. The van der Waals surface area contributed by atoms with Crippen molar-refractivity contribution in [3.63, 3.8) is 0 Å². The smallest absolute Gasteiger partial charge is 0.394 e. The van der Waals surface area contributed by atoms with Gasteiger partial charge in [0.15, 0.2) is 5.96 Å². The number of hydrogen-bond acceptors (Lipinski definition) is 4. The zero-order valence-corrected chi connectivity index (χ0v) is 11.3. The van der Waals surface area contributed by atoms with Gasteiger partial charge in [-0.05, 0) is 12.1 Å². The van der Waals surface area contributed by atoms with Gasteiger partial charge < -0.3 is 16.2 Å². The number of halogens is 1. The molecule has 1 aromatic carbocycles. The molecule has 0 aliphatic rings. The molecule has 0 unspecified atom stereocenters. The Labute approximate surface area is 115 Å². The van der Waals surface area contributed by atoms with E-state index in [0.29, 0.717) is 23.9 Å². The van der Waals surface area contributed by atoms with Crippen molar-refractivity contribution in [3.05, 3.63) is 29.3 Å². The van der Waals surface area contributed by atoms with Gasteiger partial charge in [0.25, 0.3) is 0 Å². The van der Waals surface area contributed by atoms with Crippen LogP contribution in [0.3, 0.4) is 0 Å². The van der Waals surface area contributed by atoms with E-state index in [1.807, 2.05) is 12.1 Å².